The van der Waals surface area contributed by atoms with Crippen LogP contribution in [0.4, 0.5) is 0 Å². The van der Waals surface area contributed by atoms with Gasteiger partial charge in [-0.15, -0.1) is 5.06 Å². The van der Waals surface area contributed by atoms with Gasteiger partial charge in [0.1, 0.15) is 0 Å². The van der Waals surface area contributed by atoms with E-state index in [1.807, 2.05) is 0 Å². The van der Waals surface area contributed by atoms with Gasteiger partial charge in [-0.25, -0.2) is 4.79 Å². The predicted molar refractivity (Wildman–Crippen MR) is 117 cm³/mol. The number of hydroxylamine groups is 2. The molecule has 1 N–H and O–H groups in total. The van der Waals surface area contributed by atoms with Gasteiger partial charge in [-0.1, -0.05) is 70.4 Å². The average Bonchev–Trinajstić information content (AvgIpc) is 2.99. The maximum atomic E-state index is 11.8. The van der Waals surface area contributed by atoms with Crippen LogP contribution in [0.2, 0.25) is 0 Å². The van der Waals surface area contributed by atoms with Gasteiger partial charge in [-0.2, -0.15) is 8.42 Å². The number of hydrogen-bond donors (Lipinski definition) is 1. The first kappa shape index (κ1) is 31.3. The molecular weight excluding hydrogens is 445 g/mol. The summed E-state index contributed by atoms with van der Waals surface area (Å²) in [5.41, 5.74) is 0. The van der Waals surface area contributed by atoms with E-state index in [4.69, 9.17) is 9.39 Å². The third-order valence-corrected chi connectivity index (χ3v) is 6.34. The smallest absolute Gasteiger partial charge is 0.330 e. The average molecular weight is 483 g/mol. The number of imide groups is 1. The van der Waals surface area contributed by atoms with Gasteiger partial charge in [0.2, 0.25) is 0 Å². The van der Waals surface area contributed by atoms with Crippen LogP contribution in [0, 0.1) is 0 Å². The molecule has 0 radical (unpaired) electrons. The Morgan fingerprint density at radius 3 is 1.97 bits per heavy atom. The summed E-state index contributed by atoms with van der Waals surface area (Å²) >= 11 is 0. The molecule has 0 spiro atoms. The van der Waals surface area contributed by atoms with Crippen molar-refractivity contribution < 1.29 is 61.7 Å². The number of allylic oxidation sites excluding steroid dienone is 2. The molecule has 1 atom stereocenters. The van der Waals surface area contributed by atoms with Crippen molar-refractivity contribution in [2.45, 2.75) is 108 Å². The zero-order valence-corrected chi connectivity index (χ0v) is 22.4. The number of carbonyl (C=O) groups excluding carboxylic acids is 3. The summed E-state index contributed by atoms with van der Waals surface area (Å²) < 4.78 is 31.1. The molecule has 8 nitrogen and oxygen atoms in total. The van der Waals surface area contributed by atoms with E-state index >= 15 is 0 Å². The quantitative estimate of drug-likeness (QED) is 0.110. The number of nitrogens with zero attached hydrogens (tertiary/aromatic N) is 1. The summed E-state index contributed by atoms with van der Waals surface area (Å²) in [6.45, 7) is 2.23. The molecule has 0 aromatic rings. The van der Waals surface area contributed by atoms with Crippen LogP contribution in [0.3, 0.4) is 0 Å². The monoisotopic (exact) mass is 482 g/mol. The Kier molecular flexibility index (Phi) is 17.3. The van der Waals surface area contributed by atoms with Crippen LogP contribution in [0.1, 0.15) is 103 Å². The van der Waals surface area contributed by atoms with Crippen molar-refractivity contribution in [1.29, 1.82) is 0 Å². The summed E-state index contributed by atoms with van der Waals surface area (Å²) in [7, 11) is -4.71. The van der Waals surface area contributed by atoms with E-state index in [-0.39, 0.29) is 41.0 Å². The summed E-state index contributed by atoms with van der Waals surface area (Å²) in [5, 5.41) is -1.74. The molecule has 0 aliphatic carbocycles. The van der Waals surface area contributed by atoms with Gasteiger partial charge in [0.25, 0.3) is 21.9 Å². The van der Waals surface area contributed by atoms with Crippen LogP contribution in [0.15, 0.2) is 12.2 Å². The van der Waals surface area contributed by atoms with Crippen molar-refractivity contribution in [3.63, 3.8) is 0 Å². The zero-order chi connectivity index (χ0) is 23.1. The van der Waals surface area contributed by atoms with Crippen LogP contribution in [0.25, 0.3) is 0 Å². The van der Waals surface area contributed by atoms with E-state index in [0.29, 0.717) is 6.42 Å². The summed E-state index contributed by atoms with van der Waals surface area (Å²) in [4.78, 5) is 39.9. The molecule has 0 aromatic heterocycles. The van der Waals surface area contributed by atoms with Crippen molar-refractivity contribution in [2.24, 2.45) is 0 Å². The molecule has 1 heterocycles. The second-order valence-electron chi connectivity index (χ2n) is 8.03. The van der Waals surface area contributed by atoms with Crippen LogP contribution in [-0.2, 0) is 29.3 Å². The second-order valence-corrected chi connectivity index (χ2v) is 9.63. The summed E-state index contributed by atoms with van der Waals surface area (Å²) in [6.07, 6.45) is 18.5. The molecule has 2 amide bonds. The first-order valence-corrected chi connectivity index (χ1v) is 13.0. The standard InChI is InChI=1S/C22H37NO7S.Na/c1-2-3-4-5-6-7-8-9-10-11-12-13-14-15-16-17-21(25)30-23-20(24)18-19(22(23)26)31(27,28)29;/h9-10,19H,2-8,11-18H2,1H3,(H,27,28,29);/q;+1/b10-9-;. The third-order valence-electron chi connectivity index (χ3n) is 5.26. The molecule has 0 bridgehead atoms. The number of carbonyl (C=O) groups is 3. The first-order chi connectivity index (χ1) is 14.8. The minimum absolute atomic E-state index is 0. The molecule has 1 aliphatic rings. The maximum Gasteiger partial charge on any atom is 1.00 e. The Morgan fingerprint density at radius 1 is 0.969 bits per heavy atom. The molecule has 1 rings (SSSR count). The normalized spacial score (nSPS) is 16.6. The second kappa shape index (κ2) is 17.7. The molecule has 178 valence electrons. The Bertz CT molecular complexity index is 709. The van der Waals surface area contributed by atoms with E-state index < -0.39 is 39.6 Å². The van der Waals surface area contributed by atoms with E-state index in [9.17, 15) is 22.8 Å². The van der Waals surface area contributed by atoms with E-state index in [1.165, 1.54) is 38.5 Å². The predicted octanol–water partition coefficient (Wildman–Crippen LogP) is 1.50. The minimum Gasteiger partial charge on any atom is -0.330 e. The summed E-state index contributed by atoms with van der Waals surface area (Å²) in [5.74, 6) is -2.95. The van der Waals surface area contributed by atoms with Crippen molar-refractivity contribution in [3.05, 3.63) is 12.2 Å². The van der Waals surface area contributed by atoms with E-state index in [2.05, 4.69) is 19.1 Å². The topological polar surface area (TPSA) is 118 Å². The SMILES string of the molecule is CCCCCCCC/C=C\CCCCCCCC(=O)ON1C(=O)CC(S(=O)(=O)O)C1=O.[Na+]. The number of amides is 2. The van der Waals surface area contributed by atoms with Crippen LogP contribution in [0.5, 0.6) is 0 Å². The molecule has 1 saturated heterocycles. The number of hydrogen-bond acceptors (Lipinski definition) is 6. The largest absolute Gasteiger partial charge is 1.00 e. The van der Waals surface area contributed by atoms with Gasteiger partial charge in [0, 0.05) is 6.42 Å². The van der Waals surface area contributed by atoms with Gasteiger partial charge in [-0.3, -0.25) is 14.1 Å². The van der Waals surface area contributed by atoms with E-state index in [0.717, 1.165) is 38.5 Å². The molecule has 1 fully saturated rings. The molecule has 1 unspecified atom stereocenters. The molecule has 10 heteroatoms. The fourth-order valence-corrected chi connectivity index (χ4v) is 4.10. The minimum atomic E-state index is -4.71. The number of rotatable bonds is 17. The fraction of sp³-hybridized carbons (Fsp3) is 0.773. The van der Waals surface area contributed by atoms with Crippen LogP contribution >= 0.6 is 0 Å². The van der Waals surface area contributed by atoms with Crippen molar-refractivity contribution in [1.82, 2.24) is 5.06 Å². The third kappa shape index (κ3) is 13.1. The van der Waals surface area contributed by atoms with Gasteiger partial charge in [-0.05, 0) is 32.1 Å². The van der Waals surface area contributed by atoms with Crippen molar-refractivity contribution in [2.75, 3.05) is 0 Å². The fourth-order valence-electron chi connectivity index (χ4n) is 3.40. The van der Waals surface area contributed by atoms with Crippen LogP contribution < -0.4 is 29.6 Å². The maximum absolute atomic E-state index is 11.8. The number of unbranched alkanes of at least 4 members (excludes halogenated alkanes) is 11. The Hall–Kier alpha value is -0.740. The zero-order valence-electron chi connectivity index (χ0n) is 19.6. The van der Waals surface area contributed by atoms with Gasteiger partial charge in [0.05, 0.1) is 6.42 Å². The van der Waals surface area contributed by atoms with Crippen molar-refractivity contribution in [3.8, 4) is 0 Å². The molecular formula is C22H37NNaO7S+. The molecule has 32 heavy (non-hydrogen) atoms. The van der Waals surface area contributed by atoms with Gasteiger partial charge >= 0.3 is 35.5 Å². The molecule has 1 aliphatic heterocycles. The summed E-state index contributed by atoms with van der Waals surface area (Å²) in [6, 6.07) is 0. The van der Waals surface area contributed by atoms with Crippen LogP contribution in [-0.4, -0.2) is 41.1 Å². The Balaban J connectivity index is 0.00000961. The first-order valence-electron chi connectivity index (χ1n) is 11.5. The molecule has 0 aromatic carbocycles. The Morgan fingerprint density at radius 2 is 1.47 bits per heavy atom. The van der Waals surface area contributed by atoms with Gasteiger partial charge in [0.15, 0.2) is 5.25 Å². The van der Waals surface area contributed by atoms with Gasteiger partial charge < -0.3 is 4.84 Å². The van der Waals surface area contributed by atoms with E-state index in [1.54, 1.807) is 0 Å². The van der Waals surface area contributed by atoms with Crippen molar-refractivity contribution >= 4 is 27.9 Å². The molecule has 0 saturated carbocycles. The Labute approximate surface area is 214 Å².